The zero-order valence-corrected chi connectivity index (χ0v) is 12.0. The van der Waals surface area contributed by atoms with E-state index in [1.165, 1.54) is 5.56 Å². The minimum Gasteiger partial charge on any atom is -0.383 e. The number of amides is 1. The number of nitrogens with one attached hydrogen (secondary N) is 1. The number of nitrogens with two attached hydrogens (primary N) is 1. The largest absolute Gasteiger partial charge is 0.383 e. The molecule has 110 valence electrons. The van der Waals surface area contributed by atoms with Gasteiger partial charge in [-0.15, -0.1) is 0 Å². The maximum atomic E-state index is 11.8. The lowest BCUT2D eigenvalue weighted by molar-refractivity contribution is -0.124. The molecule has 4 nitrogen and oxygen atoms in total. The van der Waals surface area contributed by atoms with Gasteiger partial charge in [0, 0.05) is 13.2 Å². The number of methoxy groups -OCH3 is 1. The number of carbonyl (C=O) groups excluding carboxylic acids is 1. The van der Waals surface area contributed by atoms with E-state index in [4.69, 9.17) is 10.5 Å². The maximum Gasteiger partial charge on any atom is 0.239 e. The lowest BCUT2D eigenvalue weighted by Gasteiger charge is -2.30. The topological polar surface area (TPSA) is 64.3 Å². The number of hydrogen-bond acceptors (Lipinski definition) is 3. The molecule has 0 spiro atoms. The monoisotopic (exact) mass is 276 g/mol. The predicted octanol–water partition coefficient (Wildman–Crippen LogP) is 1.80. The van der Waals surface area contributed by atoms with Crippen LogP contribution in [0.4, 0.5) is 0 Å². The van der Waals surface area contributed by atoms with Crippen LogP contribution >= 0.6 is 0 Å². The molecule has 0 radical (unpaired) electrons. The first-order valence-electron chi connectivity index (χ1n) is 7.30. The molecule has 1 aromatic carbocycles. The van der Waals surface area contributed by atoms with E-state index in [0.717, 1.165) is 25.7 Å². The molecule has 20 heavy (non-hydrogen) atoms. The van der Waals surface area contributed by atoms with Crippen LogP contribution in [0.3, 0.4) is 0 Å². The highest BCUT2D eigenvalue weighted by Gasteiger charge is 2.24. The second kappa shape index (κ2) is 7.41. The van der Waals surface area contributed by atoms with Gasteiger partial charge in [-0.3, -0.25) is 4.79 Å². The molecular formula is C16H24N2O2. The van der Waals surface area contributed by atoms with Gasteiger partial charge in [0.05, 0.1) is 6.61 Å². The summed E-state index contributed by atoms with van der Waals surface area (Å²) in [5, 5.41) is 3.03. The first-order valence-corrected chi connectivity index (χ1v) is 7.30. The molecule has 0 heterocycles. The molecule has 1 fully saturated rings. The molecule has 4 heteroatoms. The zero-order valence-electron chi connectivity index (χ0n) is 12.0. The molecule has 0 bridgehead atoms. The lowest BCUT2D eigenvalue weighted by Crippen LogP contribution is -2.48. The van der Waals surface area contributed by atoms with Crippen molar-refractivity contribution < 1.29 is 9.53 Å². The molecule has 1 saturated carbocycles. The summed E-state index contributed by atoms with van der Waals surface area (Å²) in [4.78, 5) is 11.8. The molecule has 2 rings (SSSR count). The smallest absolute Gasteiger partial charge is 0.239 e. The van der Waals surface area contributed by atoms with Crippen LogP contribution in [-0.4, -0.2) is 31.7 Å². The lowest BCUT2D eigenvalue weighted by atomic mass is 9.82. The molecule has 3 N–H and O–H groups in total. The van der Waals surface area contributed by atoms with Crippen molar-refractivity contribution in [3.63, 3.8) is 0 Å². The van der Waals surface area contributed by atoms with E-state index in [2.05, 4.69) is 29.6 Å². The standard InChI is InChI=1S/C16H24N2O2/c1-20-11-15(17)16(19)18-14-9-7-13(8-10-14)12-5-3-2-4-6-12/h2-6,13-15H,7-11,17H2,1H3,(H,18,19). The highest BCUT2D eigenvalue weighted by molar-refractivity contribution is 5.81. The molecule has 1 unspecified atom stereocenters. The van der Waals surface area contributed by atoms with Crippen LogP contribution < -0.4 is 11.1 Å². The molecule has 0 aromatic heterocycles. The van der Waals surface area contributed by atoms with E-state index in [1.54, 1.807) is 7.11 Å². The fraction of sp³-hybridized carbons (Fsp3) is 0.562. The van der Waals surface area contributed by atoms with Crippen molar-refractivity contribution in [3.05, 3.63) is 35.9 Å². The van der Waals surface area contributed by atoms with Crippen LogP contribution in [0, 0.1) is 0 Å². The van der Waals surface area contributed by atoms with Crippen molar-refractivity contribution >= 4 is 5.91 Å². The second-order valence-electron chi connectivity index (χ2n) is 5.53. The quantitative estimate of drug-likeness (QED) is 0.862. The Bertz CT molecular complexity index is 414. The van der Waals surface area contributed by atoms with Crippen LogP contribution in [0.1, 0.15) is 37.2 Å². The Kier molecular flexibility index (Phi) is 5.56. The minimum absolute atomic E-state index is 0.102. The van der Waals surface area contributed by atoms with E-state index in [1.807, 2.05) is 6.07 Å². The molecule has 0 aliphatic heterocycles. The van der Waals surface area contributed by atoms with Crippen molar-refractivity contribution in [2.24, 2.45) is 5.73 Å². The fourth-order valence-corrected chi connectivity index (χ4v) is 2.86. The number of ether oxygens (including phenoxy) is 1. The summed E-state index contributed by atoms with van der Waals surface area (Å²) >= 11 is 0. The van der Waals surface area contributed by atoms with E-state index < -0.39 is 6.04 Å². The molecule has 1 atom stereocenters. The van der Waals surface area contributed by atoms with Gasteiger partial charge < -0.3 is 15.8 Å². The number of carbonyl (C=O) groups is 1. The van der Waals surface area contributed by atoms with Crippen molar-refractivity contribution in [1.29, 1.82) is 0 Å². The highest BCUT2D eigenvalue weighted by Crippen LogP contribution is 2.32. The summed E-state index contributed by atoms with van der Waals surface area (Å²) in [5.41, 5.74) is 7.14. The van der Waals surface area contributed by atoms with E-state index in [-0.39, 0.29) is 18.6 Å². The first-order chi connectivity index (χ1) is 9.70. The van der Waals surface area contributed by atoms with Gasteiger partial charge in [0.25, 0.3) is 0 Å². The van der Waals surface area contributed by atoms with Crippen LogP contribution in [0.25, 0.3) is 0 Å². The third-order valence-corrected chi connectivity index (χ3v) is 4.03. The molecule has 1 aromatic rings. The number of hydrogen-bond donors (Lipinski definition) is 2. The van der Waals surface area contributed by atoms with Crippen molar-refractivity contribution in [2.45, 2.75) is 43.7 Å². The summed E-state index contributed by atoms with van der Waals surface area (Å²) in [7, 11) is 1.55. The van der Waals surface area contributed by atoms with Crippen LogP contribution in [-0.2, 0) is 9.53 Å². The van der Waals surface area contributed by atoms with Gasteiger partial charge in [-0.2, -0.15) is 0 Å². The first kappa shape index (κ1) is 15.0. The van der Waals surface area contributed by atoms with Gasteiger partial charge in [-0.05, 0) is 37.2 Å². The van der Waals surface area contributed by atoms with Gasteiger partial charge in [0.2, 0.25) is 5.91 Å². The Labute approximate surface area is 120 Å². The molecule has 1 aliphatic carbocycles. The third-order valence-electron chi connectivity index (χ3n) is 4.03. The van der Waals surface area contributed by atoms with Crippen LogP contribution in [0.2, 0.25) is 0 Å². The van der Waals surface area contributed by atoms with Crippen molar-refractivity contribution in [2.75, 3.05) is 13.7 Å². The summed E-state index contributed by atoms with van der Waals surface area (Å²) in [6, 6.07) is 10.3. The average Bonchev–Trinajstić information content (AvgIpc) is 2.49. The Morgan fingerprint density at radius 3 is 2.55 bits per heavy atom. The predicted molar refractivity (Wildman–Crippen MR) is 79.4 cm³/mol. The summed E-state index contributed by atoms with van der Waals surface area (Å²) in [6.45, 7) is 0.269. The maximum absolute atomic E-state index is 11.8. The van der Waals surface area contributed by atoms with Gasteiger partial charge >= 0.3 is 0 Å². The average molecular weight is 276 g/mol. The molecule has 0 saturated heterocycles. The normalized spacial score (nSPS) is 24.1. The van der Waals surface area contributed by atoms with E-state index in [0.29, 0.717) is 5.92 Å². The number of benzene rings is 1. The van der Waals surface area contributed by atoms with Gasteiger partial charge in [-0.1, -0.05) is 30.3 Å². The Balaban J connectivity index is 1.78. The molecule has 1 amide bonds. The zero-order chi connectivity index (χ0) is 14.4. The summed E-state index contributed by atoms with van der Waals surface area (Å²) in [5.74, 6) is 0.520. The number of rotatable bonds is 5. The molecule has 1 aliphatic rings. The van der Waals surface area contributed by atoms with E-state index in [9.17, 15) is 4.79 Å². The molecular weight excluding hydrogens is 252 g/mol. The van der Waals surface area contributed by atoms with Crippen LogP contribution in [0.15, 0.2) is 30.3 Å². The summed E-state index contributed by atoms with van der Waals surface area (Å²) in [6.07, 6.45) is 4.28. The summed E-state index contributed by atoms with van der Waals surface area (Å²) < 4.78 is 4.90. The van der Waals surface area contributed by atoms with Crippen molar-refractivity contribution in [1.82, 2.24) is 5.32 Å². The van der Waals surface area contributed by atoms with Crippen molar-refractivity contribution in [3.8, 4) is 0 Å². The van der Waals surface area contributed by atoms with E-state index >= 15 is 0 Å². The Morgan fingerprint density at radius 2 is 1.95 bits per heavy atom. The third kappa shape index (κ3) is 4.05. The Hall–Kier alpha value is -1.39. The van der Waals surface area contributed by atoms with Gasteiger partial charge in [0.1, 0.15) is 6.04 Å². The fourth-order valence-electron chi connectivity index (χ4n) is 2.86. The highest BCUT2D eigenvalue weighted by atomic mass is 16.5. The van der Waals surface area contributed by atoms with Crippen LogP contribution in [0.5, 0.6) is 0 Å². The Morgan fingerprint density at radius 1 is 1.30 bits per heavy atom. The SMILES string of the molecule is COCC(N)C(=O)NC1CCC(c2ccccc2)CC1. The van der Waals surface area contributed by atoms with Gasteiger partial charge in [-0.25, -0.2) is 0 Å². The second-order valence-corrected chi connectivity index (χ2v) is 5.53. The van der Waals surface area contributed by atoms with Gasteiger partial charge in [0.15, 0.2) is 0 Å². The minimum atomic E-state index is -0.563.